The number of amides is 1. The fraction of sp³-hybridized carbons (Fsp3) is 0.0667. The highest BCUT2D eigenvalue weighted by Gasteiger charge is 2.05. The predicted molar refractivity (Wildman–Crippen MR) is 76.4 cm³/mol. The van der Waals surface area contributed by atoms with E-state index in [9.17, 15) is 9.90 Å². The number of hydrogen-bond donors (Lipinski definition) is 2. The number of imidazole rings is 1. The lowest BCUT2D eigenvalue weighted by atomic mass is 10.4. The third kappa shape index (κ3) is 2.94. The maximum atomic E-state index is 11.7. The van der Waals surface area contributed by atoms with Gasteiger partial charge in [-0.15, -0.1) is 0 Å². The molecule has 0 aromatic carbocycles. The Bertz CT molecular complexity index is 788. The maximum Gasteiger partial charge on any atom is 0.244 e. The van der Waals surface area contributed by atoms with E-state index in [1.807, 2.05) is 0 Å². The molecule has 3 aromatic rings. The lowest BCUT2D eigenvalue weighted by Gasteiger charge is -1.97. The molecule has 3 heterocycles. The third-order valence-corrected chi connectivity index (χ3v) is 2.90. The minimum Gasteiger partial charge on any atom is -0.504 e. The largest absolute Gasteiger partial charge is 0.504 e. The molecule has 21 heavy (non-hydrogen) atoms. The molecular weight excluding hydrogens is 270 g/mol. The molecule has 0 spiro atoms. The molecule has 3 rings (SSSR count). The van der Waals surface area contributed by atoms with E-state index in [1.54, 1.807) is 53.4 Å². The van der Waals surface area contributed by atoms with Crippen LogP contribution < -0.4 is 5.32 Å². The molecule has 6 heteroatoms. The summed E-state index contributed by atoms with van der Waals surface area (Å²) in [6.07, 6.45) is 8.06. The van der Waals surface area contributed by atoms with Crippen LogP contribution in [0.5, 0.6) is 5.75 Å². The normalized spacial score (nSPS) is 11.2. The molecule has 3 aromatic heterocycles. The summed E-state index contributed by atoms with van der Waals surface area (Å²) < 4.78 is 6.79. The quantitative estimate of drug-likeness (QED) is 0.717. The van der Waals surface area contributed by atoms with Crippen molar-refractivity contribution in [3.8, 4) is 5.75 Å². The molecule has 1 amide bonds. The fourth-order valence-corrected chi connectivity index (χ4v) is 1.91. The monoisotopic (exact) mass is 283 g/mol. The van der Waals surface area contributed by atoms with Crippen LogP contribution in [0.3, 0.4) is 0 Å². The van der Waals surface area contributed by atoms with Gasteiger partial charge in [-0.05, 0) is 30.3 Å². The fourth-order valence-electron chi connectivity index (χ4n) is 1.91. The lowest BCUT2D eigenvalue weighted by Crippen LogP contribution is -2.20. The van der Waals surface area contributed by atoms with Crippen molar-refractivity contribution in [2.45, 2.75) is 6.54 Å². The highest BCUT2D eigenvalue weighted by atomic mass is 16.3. The number of fused-ring (bicyclic) bond motifs is 1. The zero-order valence-corrected chi connectivity index (χ0v) is 11.1. The SMILES string of the molecule is O=C(/C=C/c1ccco1)NCc1cn2cccc(O)c2n1. The molecule has 0 saturated heterocycles. The predicted octanol–water partition coefficient (Wildman–Crippen LogP) is 1.96. The van der Waals surface area contributed by atoms with Gasteiger partial charge in [0.1, 0.15) is 5.76 Å². The van der Waals surface area contributed by atoms with Crippen molar-refractivity contribution in [3.63, 3.8) is 0 Å². The summed E-state index contributed by atoms with van der Waals surface area (Å²) >= 11 is 0. The summed E-state index contributed by atoms with van der Waals surface area (Å²) in [6, 6.07) is 6.80. The van der Waals surface area contributed by atoms with E-state index in [2.05, 4.69) is 10.3 Å². The third-order valence-electron chi connectivity index (χ3n) is 2.90. The van der Waals surface area contributed by atoms with Gasteiger partial charge in [0.15, 0.2) is 11.4 Å². The molecule has 0 aliphatic rings. The molecule has 0 aliphatic heterocycles. The second kappa shape index (κ2) is 5.54. The Hall–Kier alpha value is -3.02. The van der Waals surface area contributed by atoms with Crippen molar-refractivity contribution in [2.75, 3.05) is 0 Å². The van der Waals surface area contributed by atoms with E-state index in [-0.39, 0.29) is 18.2 Å². The smallest absolute Gasteiger partial charge is 0.244 e. The van der Waals surface area contributed by atoms with Crippen molar-refractivity contribution < 1.29 is 14.3 Å². The molecular formula is C15H13N3O3. The van der Waals surface area contributed by atoms with E-state index in [1.165, 1.54) is 6.08 Å². The van der Waals surface area contributed by atoms with Crippen LogP contribution in [0.15, 0.2) is 53.4 Å². The van der Waals surface area contributed by atoms with E-state index in [0.717, 1.165) is 0 Å². The molecule has 106 valence electrons. The second-order valence-corrected chi connectivity index (χ2v) is 4.42. The molecule has 6 nitrogen and oxygen atoms in total. The average Bonchev–Trinajstić information content (AvgIpc) is 3.12. The van der Waals surface area contributed by atoms with Gasteiger partial charge in [-0.3, -0.25) is 4.79 Å². The number of nitrogens with zero attached hydrogens (tertiary/aromatic N) is 2. The highest BCUT2D eigenvalue weighted by molar-refractivity contribution is 5.91. The van der Waals surface area contributed by atoms with Crippen LogP contribution in [-0.2, 0) is 11.3 Å². The van der Waals surface area contributed by atoms with Crippen LogP contribution in [0, 0.1) is 0 Å². The van der Waals surface area contributed by atoms with Gasteiger partial charge in [-0.2, -0.15) is 0 Å². The Balaban J connectivity index is 1.63. The number of nitrogens with one attached hydrogen (secondary N) is 1. The second-order valence-electron chi connectivity index (χ2n) is 4.42. The summed E-state index contributed by atoms with van der Waals surface area (Å²) in [6.45, 7) is 0.280. The first-order valence-corrected chi connectivity index (χ1v) is 6.37. The maximum absolute atomic E-state index is 11.7. The van der Waals surface area contributed by atoms with Gasteiger partial charge in [0, 0.05) is 18.5 Å². The number of rotatable bonds is 4. The topological polar surface area (TPSA) is 79.8 Å². The minimum atomic E-state index is -0.243. The number of aromatic nitrogens is 2. The van der Waals surface area contributed by atoms with Gasteiger partial charge in [0.2, 0.25) is 5.91 Å². The summed E-state index contributed by atoms with van der Waals surface area (Å²) in [4.78, 5) is 15.9. The van der Waals surface area contributed by atoms with Gasteiger partial charge >= 0.3 is 0 Å². The van der Waals surface area contributed by atoms with E-state index in [0.29, 0.717) is 17.1 Å². The van der Waals surface area contributed by atoms with Crippen molar-refractivity contribution in [2.24, 2.45) is 0 Å². The van der Waals surface area contributed by atoms with Crippen molar-refractivity contribution in [1.29, 1.82) is 0 Å². The van der Waals surface area contributed by atoms with E-state index < -0.39 is 0 Å². The van der Waals surface area contributed by atoms with Crippen LogP contribution in [0.1, 0.15) is 11.5 Å². The van der Waals surface area contributed by atoms with E-state index >= 15 is 0 Å². The number of hydrogen-bond acceptors (Lipinski definition) is 4. The number of pyridine rings is 1. The Morgan fingerprint density at radius 2 is 2.33 bits per heavy atom. The first-order chi connectivity index (χ1) is 10.2. The zero-order chi connectivity index (χ0) is 14.7. The van der Waals surface area contributed by atoms with Crippen molar-refractivity contribution in [3.05, 3.63) is 60.5 Å². The van der Waals surface area contributed by atoms with Gasteiger partial charge in [-0.1, -0.05) is 0 Å². The highest BCUT2D eigenvalue weighted by Crippen LogP contribution is 2.16. The van der Waals surface area contributed by atoms with Crippen LogP contribution in [-0.4, -0.2) is 20.4 Å². The Morgan fingerprint density at radius 3 is 3.10 bits per heavy atom. The van der Waals surface area contributed by atoms with Crippen LogP contribution in [0.2, 0.25) is 0 Å². The zero-order valence-electron chi connectivity index (χ0n) is 11.1. The molecule has 0 bridgehead atoms. The molecule has 0 aliphatic carbocycles. The van der Waals surface area contributed by atoms with Crippen LogP contribution in [0.25, 0.3) is 11.7 Å². The standard InChI is InChI=1S/C15H13N3O3/c19-13-4-1-7-18-10-11(17-15(13)18)9-16-14(20)6-5-12-3-2-8-21-12/h1-8,10,19H,9H2,(H,16,20)/b6-5+. The van der Waals surface area contributed by atoms with Crippen LogP contribution in [0.4, 0.5) is 0 Å². The molecule has 0 saturated carbocycles. The number of aromatic hydroxyl groups is 1. The summed E-state index contributed by atoms with van der Waals surface area (Å²) in [5.41, 5.74) is 1.13. The average molecular weight is 283 g/mol. The molecule has 0 unspecified atom stereocenters. The first kappa shape index (κ1) is 13.0. The van der Waals surface area contributed by atoms with Gasteiger partial charge in [0.05, 0.1) is 18.5 Å². The summed E-state index contributed by atoms with van der Waals surface area (Å²) in [5.74, 6) is 0.475. The number of carbonyl (C=O) groups is 1. The molecule has 2 N–H and O–H groups in total. The summed E-state index contributed by atoms with van der Waals surface area (Å²) in [7, 11) is 0. The molecule has 0 fully saturated rings. The number of furan rings is 1. The number of carbonyl (C=O) groups excluding carboxylic acids is 1. The minimum absolute atomic E-state index is 0.104. The van der Waals surface area contributed by atoms with Crippen LogP contribution >= 0.6 is 0 Å². The van der Waals surface area contributed by atoms with Gasteiger partial charge in [-0.25, -0.2) is 4.98 Å². The first-order valence-electron chi connectivity index (χ1n) is 6.37. The summed E-state index contributed by atoms with van der Waals surface area (Å²) in [5, 5.41) is 12.4. The van der Waals surface area contributed by atoms with Crippen molar-refractivity contribution in [1.82, 2.24) is 14.7 Å². The Kier molecular flexibility index (Phi) is 3.42. The Morgan fingerprint density at radius 1 is 1.43 bits per heavy atom. The Labute approximate surface area is 120 Å². The van der Waals surface area contributed by atoms with Gasteiger partial charge in [0.25, 0.3) is 0 Å². The van der Waals surface area contributed by atoms with Gasteiger partial charge < -0.3 is 19.2 Å². The molecule has 0 radical (unpaired) electrons. The lowest BCUT2D eigenvalue weighted by molar-refractivity contribution is -0.116. The van der Waals surface area contributed by atoms with E-state index in [4.69, 9.17) is 4.42 Å². The van der Waals surface area contributed by atoms with Crippen molar-refractivity contribution >= 4 is 17.6 Å². The molecule has 0 atom stereocenters.